The van der Waals surface area contributed by atoms with Crippen LogP contribution in [0.2, 0.25) is 0 Å². The monoisotopic (exact) mass is 205 g/mol. The van der Waals surface area contributed by atoms with Crippen molar-refractivity contribution < 1.29 is 5.11 Å². The first-order chi connectivity index (χ1) is 6.22. The Hall–Kier alpha value is 0.270. The van der Waals surface area contributed by atoms with Gasteiger partial charge in [0.1, 0.15) is 0 Å². The average molecular weight is 205 g/mol. The maximum Gasteiger partial charge on any atom is 0.0587 e. The first-order valence-electron chi connectivity index (χ1n) is 5.14. The van der Waals surface area contributed by atoms with Crippen molar-refractivity contribution in [3.05, 3.63) is 0 Å². The molecule has 0 aliphatic heterocycles. The van der Waals surface area contributed by atoms with Gasteiger partial charge in [-0.15, -0.1) is 0 Å². The van der Waals surface area contributed by atoms with Crippen LogP contribution in [0, 0.1) is 5.92 Å². The lowest BCUT2D eigenvalue weighted by Gasteiger charge is -2.19. The van der Waals surface area contributed by atoms with Gasteiger partial charge in [-0.05, 0) is 30.4 Å². The summed E-state index contributed by atoms with van der Waals surface area (Å²) in [6.45, 7) is 7.72. The molecule has 0 rings (SSSR count). The Labute approximate surface area is 86.5 Å². The van der Waals surface area contributed by atoms with E-state index < -0.39 is 0 Å². The van der Waals surface area contributed by atoms with Crippen LogP contribution in [0.25, 0.3) is 0 Å². The highest BCUT2D eigenvalue weighted by Gasteiger charge is 2.09. The third kappa shape index (κ3) is 7.35. The number of hydrogen-bond acceptors (Lipinski definition) is 3. The van der Waals surface area contributed by atoms with Crippen molar-refractivity contribution in [2.75, 3.05) is 24.7 Å². The molecule has 0 radical (unpaired) electrons. The van der Waals surface area contributed by atoms with Crippen molar-refractivity contribution in [2.45, 2.75) is 33.2 Å². The Bertz CT molecular complexity index is 109. The molecule has 0 saturated carbocycles. The summed E-state index contributed by atoms with van der Waals surface area (Å²) in [4.78, 5) is 0. The van der Waals surface area contributed by atoms with E-state index in [1.165, 1.54) is 17.9 Å². The molecule has 1 atom stereocenters. The summed E-state index contributed by atoms with van der Waals surface area (Å²) in [6.07, 6.45) is 1.20. The van der Waals surface area contributed by atoms with Crippen molar-refractivity contribution >= 4 is 11.8 Å². The molecular weight excluding hydrogens is 182 g/mol. The van der Waals surface area contributed by atoms with Crippen molar-refractivity contribution in [2.24, 2.45) is 5.92 Å². The first-order valence-corrected chi connectivity index (χ1v) is 6.29. The van der Waals surface area contributed by atoms with Gasteiger partial charge in [-0.2, -0.15) is 11.8 Å². The van der Waals surface area contributed by atoms with Crippen LogP contribution >= 0.6 is 11.8 Å². The summed E-state index contributed by atoms with van der Waals surface area (Å²) >= 11 is 1.97. The number of aliphatic hydroxyl groups excluding tert-OH is 1. The minimum Gasteiger partial charge on any atom is -0.395 e. The molecule has 0 spiro atoms. The van der Waals surface area contributed by atoms with Crippen LogP contribution in [0.5, 0.6) is 0 Å². The standard InChI is InChI=1S/C10H23NOS/c1-4-13-7-5-6-11-10(8-12)9(2)3/h9-12H,4-8H2,1-3H3/t10-/m1/s1. The fraction of sp³-hybridized carbons (Fsp3) is 1.00. The lowest BCUT2D eigenvalue weighted by molar-refractivity contribution is 0.211. The Morgan fingerprint density at radius 3 is 2.54 bits per heavy atom. The Balaban J connectivity index is 3.28. The number of thioether (sulfide) groups is 1. The predicted molar refractivity (Wildman–Crippen MR) is 61.3 cm³/mol. The molecule has 2 nitrogen and oxygen atoms in total. The molecule has 0 aromatic carbocycles. The highest BCUT2D eigenvalue weighted by Crippen LogP contribution is 2.02. The topological polar surface area (TPSA) is 32.3 Å². The SMILES string of the molecule is CCSCCCN[C@H](CO)C(C)C. The van der Waals surface area contributed by atoms with E-state index in [-0.39, 0.29) is 12.6 Å². The highest BCUT2D eigenvalue weighted by atomic mass is 32.2. The molecule has 0 aromatic heterocycles. The molecule has 0 bridgehead atoms. The molecule has 0 aromatic rings. The minimum atomic E-state index is 0.249. The van der Waals surface area contributed by atoms with E-state index >= 15 is 0 Å². The van der Waals surface area contributed by atoms with E-state index in [1.807, 2.05) is 11.8 Å². The molecule has 0 amide bonds. The molecule has 0 saturated heterocycles. The molecular formula is C10H23NOS. The third-order valence-electron chi connectivity index (χ3n) is 2.08. The molecule has 2 N–H and O–H groups in total. The van der Waals surface area contributed by atoms with Gasteiger partial charge in [0.15, 0.2) is 0 Å². The van der Waals surface area contributed by atoms with E-state index in [9.17, 15) is 0 Å². The van der Waals surface area contributed by atoms with E-state index in [2.05, 4.69) is 26.1 Å². The molecule has 0 aliphatic carbocycles. The summed E-state index contributed by atoms with van der Waals surface area (Å²) < 4.78 is 0. The average Bonchev–Trinajstić information content (AvgIpc) is 2.10. The zero-order valence-electron chi connectivity index (χ0n) is 9.05. The second kappa shape index (κ2) is 8.85. The zero-order chi connectivity index (χ0) is 10.1. The van der Waals surface area contributed by atoms with Crippen molar-refractivity contribution in [1.29, 1.82) is 0 Å². The quantitative estimate of drug-likeness (QED) is 0.592. The van der Waals surface area contributed by atoms with Crippen LogP contribution in [0.3, 0.4) is 0 Å². The van der Waals surface area contributed by atoms with E-state index in [0.29, 0.717) is 5.92 Å². The second-order valence-electron chi connectivity index (χ2n) is 3.54. The van der Waals surface area contributed by atoms with Crippen molar-refractivity contribution in [1.82, 2.24) is 5.32 Å². The van der Waals surface area contributed by atoms with Crippen molar-refractivity contribution in [3.63, 3.8) is 0 Å². The Morgan fingerprint density at radius 1 is 1.38 bits per heavy atom. The number of hydrogen-bond donors (Lipinski definition) is 2. The second-order valence-corrected chi connectivity index (χ2v) is 4.93. The van der Waals surface area contributed by atoms with Gasteiger partial charge in [-0.3, -0.25) is 0 Å². The van der Waals surface area contributed by atoms with Gasteiger partial charge >= 0.3 is 0 Å². The Morgan fingerprint density at radius 2 is 2.08 bits per heavy atom. The van der Waals surface area contributed by atoms with Gasteiger partial charge in [0.2, 0.25) is 0 Å². The van der Waals surface area contributed by atoms with Crippen LogP contribution in [0.4, 0.5) is 0 Å². The summed E-state index contributed by atoms with van der Waals surface area (Å²) in [7, 11) is 0. The summed E-state index contributed by atoms with van der Waals surface area (Å²) in [6, 6.07) is 0.270. The molecule has 0 unspecified atom stereocenters. The van der Waals surface area contributed by atoms with Crippen LogP contribution in [0.1, 0.15) is 27.2 Å². The Kier molecular flexibility index (Phi) is 9.03. The maximum absolute atomic E-state index is 9.03. The fourth-order valence-electron chi connectivity index (χ4n) is 1.12. The van der Waals surface area contributed by atoms with Gasteiger partial charge in [-0.25, -0.2) is 0 Å². The lowest BCUT2D eigenvalue weighted by Crippen LogP contribution is -2.37. The predicted octanol–water partition coefficient (Wildman–Crippen LogP) is 1.74. The van der Waals surface area contributed by atoms with E-state index in [0.717, 1.165) is 6.54 Å². The molecule has 0 heterocycles. The summed E-state index contributed by atoms with van der Waals surface area (Å²) in [5.74, 6) is 2.94. The zero-order valence-corrected chi connectivity index (χ0v) is 9.86. The van der Waals surface area contributed by atoms with Gasteiger partial charge in [-0.1, -0.05) is 20.8 Å². The third-order valence-corrected chi connectivity index (χ3v) is 3.06. The van der Waals surface area contributed by atoms with Gasteiger partial charge in [0.05, 0.1) is 6.61 Å². The summed E-state index contributed by atoms with van der Waals surface area (Å²) in [5.41, 5.74) is 0. The van der Waals surface area contributed by atoms with Gasteiger partial charge in [0, 0.05) is 6.04 Å². The first kappa shape index (κ1) is 13.3. The van der Waals surface area contributed by atoms with Crippen LogP contribution < -0.4 is 5.32 Å². The van der Waals surface area contributed by atoms with Crippen molar-refractivity contribution in [3.8, 4) is 0 Å². The van der Waals surface area contributed by atoms with Gasteiger partial charge in [0.25, 0.3) is 0 Å². The number of rotatable bonds is 8. The lowest BCUT2D eigenvalue weighted by atomic mass is 10.1. The molecule has 80 valence electrons. The van der Waals surface area contributed by atoms with Crippen LogP contribution in [-0.4, -0.2) is 35.8 Å². The number of aliphatic hydroxyl groups is 1. The molecule has 0 fully saturated rings. The van der Waals surface area contributed by atoms with E-state index in [1.54, 1.807) is 0 Å². The minimum absolute atomic E-state index is 0.249. The number of nitrogens with one attached hydrogen (secondary N) is 1. The highest BCUT2D eigenvalue weighted by molar-refractivity contribution is 7.99. The largest absolute Gasteiger partial charge is 0.395 e. The molecule has 0 aliphatic rings. The normalized spacial score (nSPS) is 13.6. The van der Waals surface area contributed by atoms with E-state index in [4.69, 9.17) is 5.11 Å². The molecule has 13 heavy (non-hydrogen) atoms. The fourth-order valence-corrected chi connectivity index (χ4v) is 1.75. The van der Waals surface area contributed by atoms with Crippen LogP contribution in [-0.2, 0) is 0 Å². The molecule has 3 heteroatoms. The maximum atomic E-state index is 9.03. The van der Waals surface area contributed by atoms with Gasteiger partial charge < -0.3 is 10.4 Å². The smallest absolute Gasteiger partial charge is 0.0587 e. The van der Waals surface area contributed by atoms with Crippen LogP contribution in [0.15, 0.2) is 0 Å². The summed E-state index contributed by atoms with van der Waals surface area (Å²) in [5, 5.41) is 12.4.